The van der Waals surface area contributed by atoms with Gasteiger partial charge in [0.1, 0.15) is 6.54 Å². The number of hydrogen-bond acceptors (Lipinski definition) is 4. The molecule has 0 radical (unpaired) electrons. The molecule has 0 aromatic heterocycles. The third-order valence-electron chi connectivity index (χ3n) is 3.50. The maximum Gasteiger partial charge on any atom is 0.335 e. The first-order chi connectivity index (χ1) is 11.4. The third-order valence-corrected chi connectivity index (χ3v) is 4.22. The van der Waals surface area contributed by atoms with E-state index in [0.29, 0.717) is 4.90 Å². The lowest BCUT2D eigenvalue weighted by molar-refractivity contribution is -0.143. The summed E-state index contributed by atoms with van der Waals surface area (Å²) in [5.41, 5.74) is 0.856. The van der Waals surface area contributed by atoms with Crippen LogP contribution in [0.5, 0.6) is 0 Å². The topological polar surface area (TPSA) is 86.8 Å². The molecule has 1 aliphatic rings. The van der Waals surface area contributed by atoms with Gasteiger partial charge in [-0.1, -0.05) is 40.2 Å². The Kier molecular flexibility index (Phi) is 5.50. The van der Waals surface area contributed by atoms with Crippen molar-refractivity contribution < 1.29 is 19.2 Å². The Balaban J connectivity index is 2.03. The summed E-state index contributed by atoms with van der Waals surface area (Å²) in [7, 11) is 0. The van der Waals surface area contributed by atoms with Crippen molar-refractivity contribution in [3.63, 3.8) is 0 Å². The van der Waals surface area contributed by atoms with E-state index >= 15 is 0 Å². The molecule has 0 spiro atoms. The highest BCUT2D eigenvalue weighted by atomic mass is 79.9. The normalized spacial score (nSPS) is 15.7. The predicted octanol–water partition coefficient (Wildman–Crippen LogP) is 1.60. The molecule has 0 unspecified atom stereocenters. The summed E-state index contributed by atoms with van der Waals surface area (Å²) in [6, 6.07) is 6.23. The lowest BCUT2D eigenvalue weighted by Gasteiger charge is -2.18. The summed E-state index contributed by atoms with van der Waals surface area (Å²) in [5, 5.41) is 2.70. The number of urea groups is 1. The molecule has 126 valence electrons. The van der Waals surface area contributed by atoms with E-state index in [4.69, 9.17) is 0 Å². The van der Waals surface area contributed by atoms with Crippen LogP contribution in [0.25, 0.3) is 0 Å². The molecule has 1 atom stereocenters. The van der Waals surface area contributed by atoms with Crippen molar-refractivity contribution in [2.24, 2.45) is 0 Å². The van der Waals surface area contributed by atoms with E-state index in [1.54, 1.807) is 6.92 Å². The van der Waals surface area contributed by atoms with E-state index in [1.807, 2.05) is 24.3 Å². The number of amides is 5. The third kappa shape index (κ3) is 3.53. The number of halogens is 1. The summed E-state index contributed by atoms with van der Waals surface area (Å²) in [6.07, 6.45) is 1.33. The van der Waals surface area contributed by atoms with Gasteiger partial charge in [0.05, 0.1) is 6.04 Å². The van der Waals surface area contributed by atoms with Crippen LogP contribution in [0, 0.1) is 0 Å². The van der Waals surface area contributed by atoms with Gasteiger partial charge in [-0.25, -0.2) is 9.69 Å². The summed E-state index contributed by atoms with van der Waals surface area (Å²) in [4.78, 5) is 49.1. The smallest absolute Gasteiger partial charge is 0.335 e. The average molecular weight is 394 g/mol. The molecule has 7 nitrogen and oxygen atoms in total. The van der Waals surface area contributed by atoms with Crippen LogP contribution in [0.3, 0.4) is 0 Å². The van der Waals surface area contributed by atoms with Gasteiger partial charge >= 0.3 is 17.8 Å². The number of imide groups is 2. The standard InChI is InChI=1S/C16H16BrN3O4/c1-3-8-19-14(22)15(23)20(16(19)24)9-13(21)18-10(2)11-6-4-5-7-12(11)17/h3-7,10H,1,8-9H2,2H3,(H,18,21)/t10-/m0/s1. The van der Waals surface area contributed by atoms with E-state index in [9.17, 15) is 19.2 Å². The molecule has 1 aromatic rings. The van der Waals surface area contributed by atoms with Crippen LogP contribution in [0.2, 0.25) is 0 Å². The Morgan fingerprint density at radius 1 is 1.25 bits per heavy atom. The van der Waals surface area contributed by atoms with Gasteiger partial charge in [-0.2, -0.15) is 0 Å². The number of hydrogen-bond donors (Lipinski definition) is 1. The lowest BCUT2D eigenvalue weighted by atomic mass is 10.1. The number of rotatable bonds is 6. The Morgan fingerprint density at radius 2 is 1.88 bits per heavy atom. The summed E-state index contributed by atoms with van der Waals surface area (Å²) >= 11 is 3.40. The molecule has 1 heterocycles. The summed E-state index contributed by atoms with van der Waals surface area (Å²) in [6.45, 7) is 4.62. The molecule has 1 aromatic carbocycles. The van der Waals surface area contributed by atoms with E-state index in [-0.39, 0.29) is 12.6 Å². The number of nitrogens with zero attached hydrogens (tertiary/aromatic N) is 2. The molecule has 1 saturated heterocycles. The largest absolute Gasteiger partial charge is 0.348 e. The molecule has 0 saturated carbocycles. The molecule has 1 aliphatic heterocycles. The Bertz CT molecular complexity index is 719. The fraction of sp³-hybridized carbons (Fsp3) is 0.250. The second-order valence-electron chi connectivity index (χ2n) is 5.19. The first kappa shape index (κ1) is 17.9. The van der Waals surface area contributed by atoms with Gasteiger partial charge in [0.25, 0.3) is 0 Å². The highest BCUT2D eigenvalue weighted by Crippen LogP contribution is 2.22. The number of carbonyl (C=O) groups is 4. The van der Waals surface area contributed by atoms with Crippen molar-refractivity contribution in [3.05, 3.63) is 47.0 Å². The quantitative estimate of drug-likeness (QED) is 0.451. The van der Waals surface area contributed by atoms with Crippen LogP contribution in [0.1, 0.15) is 18.5 Å². The summed E-state index contributed by atoms with van der Waals surface area (Å²) in [5.74, 6) is -2.50. The van der Waals surface area contributed by atoms with Gasteiger partial charge < -0.3 is 5.32 Å². The van der Waals surface area contributed by atoms with E-state index in [1.165, 1.54) is 6.08 Å². The van der Waals surface area contributed by atoms with Crippen LogP contribution < -0.4 is 5.32 Å². The van der Waals surface area contributed by atoms with Crippen LogP contribution in [0.15, 0.2) is 41.4 Å². The van der Waals surface area contributed by atoms with Crippen LogP contribution in [0.4, 0.5) is 4.79 Å². The minimum atomic E-state index is -1.01. The van der Waals surface area contributed by atoms with Gasteiger partial charge in [0.2, 0.25) is 5.91 Å². The second kappa shape index (κ2) is 7.39. The highest BCUT2D eigenvalue weighted by molar-refractivity contribution is 9.10. The minimum Gasteiger partial charge on any atom is -0.348 e. The first-order valence-corrected chi connectivity index (χ1v) is 7.98. The highest BCUT2D eigenvalue weighted by Gasteiger charge is 2.44. The molecule has 24 heavy (non-hydrogen) atoms. The van der Waals surface area contributed by atoms with E-state index < -0.39 is 30.3 Å². The van der Waals surface area contributed by atoms with Gasteiger partial charge in [0, 0.05) is 11.0 Å². The predicted molar refractivity (Wildman–Crippen MR) is 89.7 cm³/mol. The zero-order valence-corrected chi connectivity index (χ0v) is 14.6. The minimum absolute atomic E-state index is 0.0745. The van der Waals surface area contributed by atoms with Crippen LogP contribution in [-0.2, 0) is 14.4 Å². The molecule has 1 N–H and O–H groups in total. The Morgan fingerprint density at radius 3 is 2.50 bits per heavy atom. The fourth-order valence-corrected chi connectivity index (χ4v) is 2.94. The average Bonchev–Trinajstić information content (AvgIpc) is 2.73. The lowest BCUT2D eigenvalue weighted by Crippen LogP contribution is -2.42. The van der Waals surface area contributed by atoms with E-state index in [0.717, 1.165) is 14.9 Å². The zero-order chi connectivity index (χ0) is 17.9. The van der Waals surface area contributed by atoms with Crippen molar-refractivity contribution in [2.75, 3.05) is 13.1 Å². The molecule has 5 amide bonds. The van der Waals surface area contributed by atoms with Crippen LogP contribution in [-0.4, -0.2) is 46.6 Å². The van der Waals surface area contributed by atoms with Crippen molar-refractivity contribution in [1.29, 1.82) is 0 Å². The fourth-order valence-electron chi connectivity index (χ4n) is 2.31. The maximum atomic E-state index is 12.1. The first-order valence-electron chi connectivity index (χ1n) is 7.18. The molecule has 2 rings (SSSR count). The molecule has 8 heteroatoms. The Labute approximate surface area is 147 Å². The van der Waals surface area contributed by atoms with Crippen molar-refractivity contribution in [2.45, 2.75) is 13.0 Å². The summed E-state index contributed by atoms with van der Waals surface area (Å²) < 4.78 is 0.832. The van der Waals surface area contributed by atoms with Crippen molar-refractivity contribution in [1.82, 2.24) is 15.1 Å². The second-order valence-corrected chi connectivity index (χ2v) is 6.04. The van der Waals surface area contributed by atoms with Crippen LogP contribution >= 0.6 is 15.9 Å². The number of carbonyl (C=O) groups excluding carboxylic acids is 4. The Hall–Kier alpha value is -2.48. The van der Waals surface area contributed by atoms with Crippen molar-refractivity contribution in [3.8, 4) is 0 Å². The maximum absolute atomic E-state index is 12.1. The molecule has 1 fully saturated rings. The molecule has 0 aliphatic carbocycles. The number of benzene rings is 1. The molecular formula is C16H16BrN3O4. The zero-order valence-electron chi connectivity index (χ0n) is 13.0. The van der Waals surface area contributed by atoms with Gasteiger partial charge in [-0.15, -0.1) is 6.58 Å². The van der Waals surface area contributed by atoms with Gasteiger partial charge in [-0.3, -0.25) is 19.3 Å². The van der Waals surface area contributed by atoms with E-state index in [2.05, 4.69) is 27.8 Å². The monoisotopic (exact) mass is 393 g/mol. The molecule has 0 bridgehead atoms. The van der Waals surface area contributed by atoms with Gasteiger partial charge in [0.15, 0.2) is 0 Å². The number of nitrogens with one attached hydrogen (secondary N) is 1. The SMILES string of the molecule is C=CCN1C(=O)C(=O)N(CC(=O)N[C@@H](C)c2ccccc2Br)C1=O. The van der Waals surface area contributed by atoms with Gasteiger partial charge in [-0.05, 0) is 18.6 Å². The molecular weight excluding hydrogens is 378 g/mol. The van der Waals surface area contributed by atoms with Crippen molar-refractivity contribution >= 4 is 39.7 Å².